The summed E-state index contributed by atoms with van der Waals surface area (Å²) >= 11 is 0. The topological polar surface area (TPSA) is 40.2 Å². The summed E-state index contributed by atoms with van der Waals surface area (Å²) in [5.41, 5.74) is 2.60. The molecule has 116 valence electrons. The van der Waals surface area contributed by atoms with Gasteiger partial charge in [-0.2, -0.15) is 0 Å². The van der Waals surface area contributed by atoms with Crippen LogP contribution in [0.4, 0.5) is 0 Å². The molecule has 0 N–H and O–H groups in total. The second-order valence-corrected chi connectivity index (χ2v) is 7.22. The van der Waals surface area contributed by atoms with Crippen LogP contribution in [0.5, 0.6) is 11.5 Å². The van der Waals surface area contributed by atoms with E-state index in [1.54, 1.807) is 0 Å². The van der Waals surface area contributed by atoms with Gasteiger partial charge in [-0.05, 0) is 50.6 Å². The van der Waals surface area contributed by atoms with Gasteiger partial charge in [-0.25, -0.2) is 0 Å². The Bertz CT molecular complexity index is 677. The highest BCUT2D eigenvalue weighted by Crippen LogP contribution is 2.61. The lowest BCUT2D eigenvalue weighted by atomic mass is 9.62. The average molecular weight is 301 g/mol. The summed E-state index contributed by atoms with van der Waals surface area (Å²) in [5.74, 6) is 1.70. The lowest BCUT2D eigenvalue weighted by molar-refractivity contribution is -0.0914. The van der Waals surface area contributed by atoms with Gasteiger partial charge in [-0.1, -0.05) is 0 Å². The predicted octanol–water partition coefficient (Wildman–Crippen LogP) is 1.95. The Morgan fingerprint density at radius 3 is 2.91 bits per heavy atom. The van der Waals surface area contributed by atoms with Crippen molar-refractivity contribution in [2.75, 3.05) is 20.4 Å². The van der Waals surface area contributed by atoms with Gasteiger partial charge in [0, 0.05) is 17.0 Å². The number of hydrogen-bond acceptors (Lipinski definition) is 5. The van der Waals surface area contributed by atoms with Crippen molar-refractivity contribution in [1.82, 2.24) is 4.90 Å². The van der Waals surface area contributed by atoms with Crippen molar-refractivity contribution < 1.29 is 18.9 Å². The third-order valence-electron chi connectivity index (χ3n) is 6.44. The maximum atomic E-state index is 6.36. The molecule has 1 spiro atoms. The molecule has 1 saturated carbocycles. The van der Waals surface area contributed by atoms with Crippen molar-refractivity contribution >= 4 is 0 Å². The maximum Gasteiger partial charge on any atom is 0.231 e. The third kappa shape index (κ3) is 1.21. The van der Waals surface area contributed by atoms with Gasteiger partial charge in [0.2, 0.25) is 6.79 Å². The zero-order valence-corrected chi connectivity index (χ0v) is 12.6. The number of ether oxygens (including phenoxy) is 4. The van der Waals surface area contributed by atoms with Gasteiger partial charge in [-0.15, -0.1) is 0 Å². The van der Waals surface area contributed by atoms with E-state index in [4.69, 9.17) is 18.9 Å². The molecule has 4 aliphatic heterocycles. The molecule has 1 unspecified atom stereocenters. The van der Waals surface area contributed by atoms with Gasteiger partial charge < -0.3 is 23.8 Å². The minimum atomic E-state index is -0.227. The number of likely N-dealkylation sites (N-methyl/N-ethyl adjacent to an activating group) is 1. The van der Waals surface area contributed by atoms with Crippen LogP contribution >= 0.6 is 0 Å². The first-order chi connectivity index (χ1) is 10.8. The Morgan fingerprint density at radius 2 is 2.00 bits per heavy atom. The molecule has 0 amide bonds. The molecule has 5 nitrogen and oxygen atoms in total. The highest BCUT2D eigenvalue weighted by molar-refractivity contribution is 5.55. The number of hydrogen-bond donors (Lipinski definition) is 0. The molecule has 0 radical (unpaired) electrons. The lowest BCUT2D eigenvalue weighted by Crippen LogP contribution is -2.57. The first kappa shape index (κ1) is 12.2. The molecule has 22 heavy (non-hydrogen) atoms. The van der Waals surface area contributed by atoms with E-state index in [2.05, 4.69) is 24.1 Å². The molecule has 4 heterocycles. The van der Waals surface area contributed by atoms with Crippen LogP contribution < -0.4 is 9.47 Å². The number of nitrogens with zero attached hydrogens (tertiary/aromatic N) is 1. The number of likely N-dealkylation sites (tertiary alicyclic amines) is 1. The van der Waals surface area contributed by atoms with E-state index in [1.165, 1.54) is 12.0 Å². The summed E-state index contributed by atoms with van der Waals surface area (Å²) in [6, 6.07) is 4.84. The summed E-state index contributed by atoms with van der Waals surface area (Å²) in [6.45, 7) is 1.43. The van der Waals surface area contributed by atoms with Crippen LogP contribution in [0.1, 0.15) is 36.7 Å². The largest absolute Gasteiger partial charge is 0.454 e. The molecule has 1 aromatic carbocycles. The first-order valence-electron chi connectivity index (χ1n) is 8.22. The molecule has 1 aliphatic carbocycles. The number of benzene rings is 1. The second kappa shape index (κ2) is 3.78. The summed E-state index contributed by atoms with van der Waals surface area (Å²) < 4.78 is 23.8. The molecule has 6 rings (SSSR count). The van der Waals surface area contributed by atoms with E-state index >= 15 is 0 Å². The van der Waals surface area contributed by atoms with E-state index in [0.717, 1.165) is 36.4 Å². The van der Waals surface area contributed by atoms with E-state index in [9.17, 15) is 0 Å². The van der Waals surface area contributed by atoms with Gasteiger partial charge in [0.25, 0.3) is 0 Å². The second-order valence-electron chi connectivity index (χ2n) is 7.22. The predicted molar refractivity (Wildman–Crippen MR) is 77.0 cm³/mol. The standard InChI is InChI=1S/C17H19NO4/c1-18-5-4-17-10-7-13-12(19-8-20-13)6-9(10)16-21-11(15(17)22-16)2-3-14(17)18/h6-7,11,14-16H,2-5,8H2,1H3/t11-,14-,15-,16?,17+/m1/s1. The average Bonchev–Trinajstić information content (AvgIpc) is 3.21. The molecule has 3 fully saturated rings. The molecular weight excluding hydrogens is 282 g/mol. The van der Waals surface area contributed by atoms with E-state index in [1.807, 2.05) is 0 Å². The van der Waals surface area contributed by atoms with Crippen LogP contribution in [0.15, 0.2) is 12.1 Å². The van der Waals surface area contributed by atoms with Gasteiger partial charge in [-0.3, -0.25) is 0 Å². The fourth-order valence-electron chi connectivity index (χ4n) is 5.53. The number of fused-ring (bicyclic) bond motifs is 4. The monoisotopic (exact) mass is 301 g/mol. The zero-order valence-electron chi connectivity index (χ0n) is 12.6. The Morgan fingerprint density at radius 1 is 1.14 bits per heavy atom. The molecular formula is C17H19NO4. The van der Waals surface area contributed by atoms with Crippen LogP contribution in [0, 0.1) is 0 Å². The molecule has 5 aliphatic rings. The van der Waals surface area contributed by atoms with Gasteiger partial charge >= 0.3 is 0 Å². The highest BCUT2D eigenvalue weighted by Gasteiger charge is 2.65. The molecule has 5 atom stereocenters. The molecule has 0 aromatic heterocycles. The van der Waals surface area contributed by atoms with Crippen LogP contribution in [-0.4, -0.2) is 43.5 Å². The van der Waals surface area contributed by atoms with Gasteiger partial charge in [0.05, 0.1) is 12.2 Å². The van der Waals surface area contributed by atoms with Gasteiger partial charge in [0.1, 0.15) is 0 Å². The summed E-state index contributed by atoms with van der Waals surface area (Å²) in [7, 11) is 2.24. The third-order valence-corrected chi connectivity index (χ3v) is 6.44. The Kier molecular flexibility index (Phi) is 2.09. The van der Waals surface area contributed by atoms with E-state index < -0.39 is 0 Å². The summed E-state index contributed by atoms with van der Waals surface area (Å²) in [6.07, 6.45) is 3.61. The highest BCUT2D eigenvalue weighted by atomic mass is 16.7. The van der Waals surface area contributed by atoms with E-state index in [0.29, 0.717) is 12.8 Å². The Balaban J connectivity index is 1.63. The van der Waals surface area contributed by atoms with Crippen LogP contribution in [0.3, 0.4) is 0 Å². The minimum absolute atomic E-state index is 0.0565. The summed E-state index contributed by atoms with van der Waals surface area (Å²) in [5, 5.41) is 0. The van der Waals surface area contributed by atoms with Crippen molar-refractivity contribution in [3.63, 3.8) is 0 Å². The van der Waals surface area contributed by atoms with E-state index in [-0.39, 0.29) is 23.9 Å². The minimum Gasteiger partial charge on any atom is -0.454 e. The molecule has 2 bridgehead atoms. The van der Waals surface area contributed by atoms with Crippen molar-refractivity contribution in [3.05, 3.63) is 23.3 Å². The first-order valence-corrected chi connectivity index (χ1v) is 8.22. The Labute approximate surface area is 129 Å². The van der Waals surface area contributed by atoms with Gasteiger partial charge in [0.15, 0.2) is 17.8 Å². The SMILES string of the molecule is CN1CC[C@@]23c4cc5c(cc4C4O[C@@H]2[C@@H](CC[C@@H]13)O4)OCO5. The quantitative estimate of drug-likeness (QED) is 0.732. The van der Waals surface area contributed by atoms with Crippen LogP contribution in [-0.2, 0) is 14.9 Å². The van der Waals surface area contributed by atoms with Crippen LogP contribution in [0.2, 0.25) is 0 Å². The number of rotatable bonds is 0. The van der Waals surface area contributed by atoms with Crippen molar-refractivity contribution in [2.45, 2.75) is 49.2 Å². The Hall–Kier alpha value is -1.30. The zero-order chi connectivity index (χ0) is 14.5. The molecule has 2 saturated heterocycles. The maximum absolute atomic E-state index is 6.36. The fraction of sp³-hybridized carbons (Fsp3) is 0.647. The lowest BCUT2D eigenvalue weighted by Gasteiger charge is -2.48. The molecule has 5 heteroatoms. The van der Waals surface area contributed by atoms with Crippen molar-refractivity contribution in [3.8, 4) is 11.5 Å². The normalized spacial score (nSPS) is 44.0. The summed E-state index contributed by atoms with van der Waals surface area (Å²) in [4.78, 5) is 2.51. The van der Waals surface area contributed by atoms with Crippen molar-refractivity contribution in [1.29, 1.82) is 0 Å². The smallest absolute Gasteiger partial charge is 0.231 e. The van der Waals surface area contributed by atoms with Crippen LogP contribution in [0.25, 0.3) is 0 Å². The molecule has 1 aromatic rings. The van der Waals surface area contributed by atoms with Crippen molar-refractivity contribution in [2.24, 2.45) is 0 Å². The fourth-order valence-corrected chi connectivity index (χ4v) is 5.53.